The molecule has 6 nitrogen and oxygen atoms in total. The van der Waals surface area contributed by atoms with Crippen LogP contribution in [0.15, 0.2) is 30.6 Å². The minimum atomic E-state index is -0.334. The number of benzene rings is 1. The maximum absolute atomic E-state index is 12.2. The Balaban J connectivity index is 2.30. The fourth-order valence-electron chi connectivity index (χ4n) is 1.58. The third-order valence-corrected chi connectivity index (χ3v) is 2.45. The summed E-state index contributed by atoms with van der Waals surface area (Å²) in [5, 5.41) is 9.92. The summed E-state index contributed by atoms with van der Waals surface area (Å²) >= 11 is 0. The summed E-state index contributed by atoms with van der Waals surface area (Å²) in [5.74, 6) is 5.45. The van der Waals surface area contributed by atoms with Crippen molar-refractivity contribution < 1.29 is 4.79 Å². The molecule has 0 aliphatic rings. The zero-order valence-corrected chi connectivity index (χ0v) is 10.9. The van der Waals surface area contributed by atoms with E-state index in [4.69, 9.17) is 5.73 Å². The lowest BCUT2D eigenvalue weighted by atomic mass is 10.0. The number of nitrogens with zero attached hydrogens (tertiary/aromatic N) is 3. The van der Waals surface area contributed by atoms with E-state index in [1.165, 1.54) is 12.4 Å². The molecular formula is C14H13N5O. The number of aromatic nitrogens is 3. The number of aryl methyl sites for hydroxylation is 1. The first-order valence-corrected chi connectivity index (χ1v) is 5.95. The summed E-state index contributed by atoms with van der Waals surface area (Å²) in [4.78, 5) is 16.1. The first-order chi connectivity index (χ1) is 9.70. The van der Waals surface area contributed by atoms with Crippen LogP contribution in [0.1, 0.15) is 21.5 Å². The fourth-order valence-corrected chi connectivity index (χ4v) is 1.58. The zero-order chi connectivity index (χ0) is 14.4. The van der Waals surface area contributed by atoms with E-state index in [1.54, 1.807) is 6.07 Å². The molecule has 1 heterocycles. The standard InChI is InChI=1S/C14H13N5O/c1-10-4-5-12(11(9-10)3-2-6-15)13(20)18-14-16-7-8-17-19-14/h4-5,7-9H,6,15H2,1H3,(H,16,18,19,20). The zero-order valence-electron chi connectivity index (χ0n) is 10.9. The van der Waals surface area contributed by atoms with E-state index in [0.717, 1.165) is 5.56 Å². The molecule has 0 spiro atoms. The van der Waals surface area contributed by atoms with E-state index < -0.39 is 0 Å². The maximum Gasteiger partial charge on any atom is 0.259 e. The Labute approximate surface area is 116 Å². The predicted octanol–water partition coefficient (Wildman–Crippen LogP) is 0.743. The number of carbonyl (C=O) groups is 1. The number of hydrogen-bond donors (Lipinski definition) is 2. The Morgan fingerprint density at radius 3 is 2.95 bits per heavy atom. The molecule has 2 aromatic rings. The second kappa shape index (κ2) is 6.41. The van der Waals surface area contributed by atoms with E-state index in [2.05, 4.69) is 32.3 Å². The maximum atomic E-state index is 12.2. The van der Waals surface area contributed by atoms with Gasteiger partial charge in [-0.25, -0.2) is 4.98 Å². The molecule has 0 bridgehead atoms. The van der Waals surface area contributed by atoms with Crippen LogP contribution in [0.25, 0.3) is 0 Å². The van der Waals surface area contributed by atoms with Gasteiger partial charge in [0.2, 0.25) is 5.95 Å². The molecule has 20 heavy (non-hydrogen) atoms. The average molecular weight is 267 g/mol. The minimum absolute atomic E-state index is 0.149. The van der Waals surface area contributed by atoms with E-state index >= 15 is 0 Å². The molecule has 0 aliphatic heterocycles. The van der Waals surface area contributed by atoms with E-state index in [9.17, 15) is 4.79 Å². The number of carbonyl (C=O) groups excluding carboxylic acids is 1. The Bertz CT molecular complexity index is 673. The molecule has 0 aliphatic carbocycles. The smallest absolute Gasteiger partial charge is 0.259 e. The molecule has 1 amide bonds. The minimum Gasteiger partial charge on any atom is -0.320 e. The lowest BCUT2D eigenvalue weighted by Crippen LogP contribution is -2.16. The molecule has 0 saturated heterocycles. The Morgan fingerprint density at radius 1 is 1.40 bits per heavy atom. The van der Waals surface area contributed by atoms with Crippen molar-refractivity contribution in [3.63, 3.8) is 0 Å². The summed E-state index contributed by atoms with van der Waals surface area (Å²) in [6.07, 6.45) is 2.88. The number of hydrogen-bond acceptors (Lipinski definition) is 5. The second-order valence-corrected chi connectivity index (χ2v) is 3.98. The van der Waals surface area contributed by atoms with Gasteiger partial charge in [-0.2, -0.15) is 5.10 Å². The molecule has 0 fully saturated rings. The van der Waals surface area contributed by atoms with Crippen molar-refractivity contribution in [2.45, 2.75) is 6.92 Å². The molecule has 0 atom stereocenters. The molecule has 2 rings (SSSR count). The van der Waals surface area contributed by atoms with Gasteiger partial charge < -0.3 is 5.73 Å². The lowest BCUT2D eigenvalue weighted by Gasteiger charge is -2.06. The summed E-state index contributed by atoms with van der Waals surface area (Å²) in [6.45, 7) is 2.17. The molecule has 0 radical (unpaired) electrons. The fraction of sp³-hybridized carbons (Fsp3) is 0.143. The normalized spacial score (nSPS) is 9.50. The highest BCUT2D eigenvalue weighted by Crippen LogP contribution is 2.12. The van der Waals surface area contributed by atoms with Crippen LogP contribution >= 0.6 is 0 Å². The van der Waals surface area contributed by atoms with Crippen molar-refractivity contribution in [1.29, 1.82) is 0 Å². The molecule has 1 aromatic carbocycles. The number of rotatable bonds is 2. The summed E-state index contributed by atoms with van der Waals surface area (Å²) in [6, 6.07) is 5.38. The molecule has 0 unspecified atom stereocenters. The van der Waals surface area contributed by atoms with Crippen LogP contribution in [-0.4, -0.2) is 27.6 Å². The number of nitrogens with two attached hydrogens (primary N) is 1. The van der Waals surface area contributed by atoms with Crippen molar-refractivity contribution >= 4 is 11.9 Å². The van der Waals surface area contributed by atoms with Crippen molar-refractivity contribution in [3.05, 3.63) is 47.3 Å². The molecule has 100 valence electrons. The van der Waals surface area contributed by atoms with Gasteiger partial charge in [-0.15, -0.1) is 5.10 Å². The predicted molar refractivity (Wildman–Crippen MR) is 74.9 cm³/mol. The SMILES string of the molecule is Cc1ccc(C(=O)Nc2nccnn2)c(C#CCN)c1. The van der Waals surface area contributed by atoms with Crippen molar-refractivity contribution in [2.75, 3.05) is 11.9 Å². The second-order valence-electron chi connectivity index (χ2n) is 3.98. The van der Waals surface area contributed by atoms with Gasteiger partial charge in [0, 0.05) is 5.56 Å². The quantitative estimate of drug-likeness (QED) is 0.783. The molecule has 6 heteroatoms. The highest BCUT2D eigenvalue weighted by Gasteiger charge is 2.11. The van der Waals surface area contributed by atoms with Crippen LogP contribution in [0.3, 0.4) is 0 Å². The largest absolute Gasteiger partial charge is 0.320 e. The Hall–Kier alpha value is -2.78. The molecular weight excluding hydrogens is 254 g/mol. The van der Waals surface area contributed by atoms with Gasteiger partial charge in [0.25, 0.3) is 5.91 Å². The monoisotopic (exact) mass is 267 g/mol. The first-order valence-electron chi connectivity index (χ1n) is 5.95. The molecule has 1 aromatic heterocycles. The summed E-state index contributed by atoms with van der Waals surface area (Å²) < 4.78 is 0. The van der Waals surface area contributed by atoms with Crippen LogP contribution < -0.4 is 11.1 Å². The number of amides is 1. The van der Waals surface area contributed by atoms with Gasteiger partial charge in [0.1, 0.15) is 0 Å². The van der Waals surface area contributed by atoms with Crippen LogP contribution in [-0.2, 0) is 0 Å². The van der Waals surface area contributed by atoms with Gasteiger partial charge in [0.15, 0.2) is 0 Å². The van der Waals surface area contributed by atoms with E-state index in [1.807, 2.05) is 19.1 Å². The van der Waals surface area contributed by atoms with Crippen molar-refractivity contribution in [3.8, 4) is 11.8 Å². The van der Waals surface area contributed by atoms with E-state index in [0.29, 0.717) is 11.1 Å². The van der Waals surface area contributed by atoms with Crippen molar-refractivity contribution in [2.24, 2.45) is 5.73 Å². The van der Waals surface area contributed by atoms with Gasteiger partial charge in [0.05, 0.1) is 24.5 Å². The van der Waals surface area contributed by atoms with Crippen LogP contribution in [0.4, 0.5) is 5.95 Å². The lowest BCUT2D eigenvalue weighted by molar-refractivity contribution is 0.102. The molecule has 0 saturated carbocycles. The topological polar surface area (TPSA) is 93.8 Å². The van der Waals surface area contributed by atoms with Crippen LogP contribution in [0, 0.1) is 18.8 Å². The third-order valence-electron chi connectivity index (χ3n) is 2.45. The van der Waals surface area contributed by atoms with Gasteiger partial charge >= 0.3 is 0 Å². The Kier molecular flexibility index (Phi) is 4.37. The van der Waals surface area contributed by atoms with Gasteiger partial charge in [-0.1, -0.05) is 17.9 Å². The third kappa shape index (κ3) is 3.37. The van der Waals surface area contributed by atoms with Gasteiger partial charge in [-0.3, -0.25) is 10.1 Å². The van der Waals surface area contributed by atoms with Gasteiger partial charge in [-0.05, 0) is 24.6 Å². The first kappa shape index (κ1) is 13.6. The molecule has 3 N–H and O–H groups in total. The van der Waals surface area contributed by atoms with Crippen LogP contribution in [0.2, 0.25) is 0 Å². The number of nitrogens with one attached hydrogen (secondary N) is 1. The summed E-state index contributed by atoms with van der Waals surface area (Å²) in [7, 11) is 0. The Morgan fingerprint density at radius 2 is 2.25 bits per heavy atom. The average Bonchev–Trinajstić information content (AvgIpc) is 2.46. The van der Waals surface area contributed by atoms with Crippen molar-refractivity contribution in [1.82, 2.24) is 15.2 Å². The summed E-state index contributed by atoms with van der Waals surface area (Å²) in [5.41, 5.74) is 7.45. The van der Waals surface area contributed by atoms with E-state index in [-0.39, 0.29) is 18.4 Å². The highest BCUT2D eigenvalue weighted by molar-refractivity contribution is 6.05. The highest BCUT2D eigenvalue weighted by atomic mass is 16.1. The van der Waals surface area contributed by atoms with Crippen LogP contribution in [0.5, 0.6) is 0 Å². The number of anilines is 1.